The minimum Gasteiger partial charge on any atom is -0.424 e. The molecule has 2 unspecified atom stereocenters. The molecule has 1 aromatic carbocycles. The molecule has 0 saturated carbocycles. The zero-order chi connectivity index (χ0) is 25.4. The van der Waals surface area contributed by atoms with Crippen LogP contribution in [0, 0.1) is 5.92 Å². The summed E-state index contributed by atoms with van der Waals surface area (Å²) in [4.78, 5) is 15.7. The first-order valence-electron chi connectivity index (χ1n) is 10.8. The number of nitrogen functional groups attached to an aromatic ring is 1. The first kappa shape index (κ1) is 25.5. The number of hydrogen-bond acceptors (Lipinski definition) is 9. The van der Waals surface area contributed by atoms with Crippen molar-refractivity contribution in [1.29, 1.82) is 0 Å². The number of ether oxygens (including phenoxy) is 1. The summed E-state index contributed by atoms with van der Waals surface area (Å²) in [6.07, 6.45) is -3.61. The Balaban J connectivity index is 1.55. The molecule has 1 fully saturated rings. The number of rotatable bonds is 9. The average molecular weight is 527 g/mol. The number of alkyl halides is 2. The fraction of sp³-hybridized carbons (Fsp3) is 0.409. The number of aliphatic hydroxyl groups excluding tert-OH is 1. The number of carbonyl (C=O) groups excluding carboxylic acids is 1. The predicted molar refractivity (Wildman–Crippen MR) is 126 cm³/mol. The maximum Gasteiger partial charge on any atom is 0.379 e. The summed E-state index contributed by atoms with van der Waals surface area (Å²) >= 11 is 6.09. The lowest BCUT2D eigenvalue weighted by Crippen LogP contribution is -2.38. The molecular weight excluding hydrogens is 502 g/mol. The van der Waals surface area contributed by atoms with Gasteiger partial charge in [-0.05, 0) is 31.2 Å². The molecule has 3 heterocycles. The lowest BCUT2D eigenvalue weighted by molar-refractivity contribution is -0.119. The van der Waals surface area contributed by atoms with Gasteiger partial charge >= 0.3 is 7.60 Å². The Bertz CT molecular complexity index is 1260. The molecule has 6 atom stereocenters. The van der Waals surface area contributed by atoms with Gasteiger partial charge in [-0.15, -0.1) is 0 Å². The van der Waals surface area contributed by atoms with Crippen molar-refractivity contribution in [1.82, 2.24) is 14.6 Å². The molecule has 0 radical (unpaired) electrons. The van der Waals surface area contributed by atoms with E-state index < -0.39 is 43.6 Å². The molecule has 4 rings (SSSR count). The van der Waals surface area contributed by atoms with Gasteiger partial charge in [-0.1, -0.05) is 36.7 Å². The number of anilines is 1. The Hall–Kier alpha value is -2.56. The third-order valence-corrected chi connectivity index (χ3v) is 8.25. The Morgan fingerprint density at radius 1 is 1.37 bits per heavy atom. The van der Waals surface area contributed by atoms with Crippen LogP contribution in [0.2, 0.25) is 0 Å². The molecule has 0 amide bonds. The molecule has 13 heteroatoms. The number of para-hydroxylation sites is 1. The minimum absolute atomic E-state index is 0.169. The summed E-state index contributed by atoms with van der Waals surface area (Å²) in [5.41, 5.74) is 6.44. The molecule has 188 valence electrons. The topological polar surface area (TPSA) is 138 Å². The zero-order valence-electron chi connectivity index (χ0n) is 19.0. The van der Waals surface area contributed by atoms with Crippen LogP contribution in [-0.4, -0.2) is 55.6 Å². The van der Waals surface area contributed by atoms with E-state index in [9.17, 15) is 14.5 Å². The van der Waals surface area contributed by atoms with Crippen LogP contribution in [0.25, 0.3) is 5.52 Å². The molecule has 35 heavy (non-hydrogen) atoms. The number of hydrogen-bond donors (Lipinski definition) is 2. The second-order valence-electron chi connectivity index (χ2n) is 8.38. The number of carbonyl (C=O) groups is 1. The second kappa shape index (κ2) is 9.83. The van der Waals surface area contributed by atoms with E-state index in [2.05, 4.69) is 10.1 Å². The summed E-state index contributed by atoms with van der Waals surface area (Å²) in [7, 11) is -3.92. The Labute approximate surface area is 205 Å². The number of halogens is 2. The molecular formula is C22H25ClFN4O6P. The molecule has 10 nitrogen and oxygen atoms in total. The van der Waals surface area contributed by atoms with Crippen molar-refractivity contribution in [3.8, 4) is 5.75 Å². The highest BCUT2D eigenvalue weighted by molar-refractivity contribution is 7.54. The molecule has 2 aromatic heterocycles. The highest BCUT2D eigenvalue weighted by Crippen LogP contribution is 2.52. The van der Waals surface area contributed by atoms with Crippen molar-refractivity contribution >= 4 is 36.3 Å². The van der Waals surface area contributed by atoms with Crippen LogP contribution in [0.5, 0.6) is 5.75 Å². The molecule has 3 N–H and O–H groups in total. The summed E-state index contributed by atoms with van der Waals surface area (Å²) in [6, 6.07) is 11.4. The standard InChI is InChI=1S/C22H25ClFN4O6P/c1-13(14(2)29)11-35(31,34-15-6-4-3-5-7-15)32-10-18-19(30)22(23,24)20(33-18)16-8-9-17-21(25)26-12-27-28(16)17/h3-9,12-13,18-20,30H,10-11H2,1-2H3,(H2,25,26,27)/t13-,18-,19?,20+,22-,35?/m1/s1. The van der Waals surface area contributed by atoms with E-state index in [0.29, 0.717) is 5.52 Å². The highest BCUT2D eigenvalue weighted by atomic mass is 35.5. The number of ketones is 1. The summed E-state index contributed by atoms with van der Waals surface area (Å²) in [6.45, 7) is 2.46. The monoisotopic (exact) mass is 526 g/mol. The van der Waals surface area contributed by atoms with Crippen molar-refractivity contribution < 1.29 is 32.6 Å². The Morgan fingerprint density at radius 3 is 2.77 bits per heavy atom. The average Bonchev–Trinajstić information content (AvgIpc) is 3.32. The maximum absolute atomic E-state index is 15.5. The maximum atomic E-state index is 15.5. The van der Waals surface area contributed by atoms with Gasteiger partial charge in [-0.3, -0.25) is 9.32 Å². The normalized spacial score (nSPS) is 26.9. The number of nitrogens with zero attached hydrogens (tertiary/aromatic N) is 3. The number of nitrogens with two attached hydrogens (primary N) is 1. The number of aliphatic hydroxyl groups is 1. The van der Waals surface area contributed by atoms with Gasteiger partial charge in [0.05, 0.1) is 18.5 Å². The van der Waals surface area contributed by atoms with Crippen LogP contribution in [0.4, 0.5) is 10.2 Å². The quantitative estimate of drug-likeness (QED) is 0.316. The van der Waals surface area contributed by atoms with Crippen LogP contribution in [0.3, 0.4) is 0 Å². The lowest BCUT2D eigenvalue weighted by Gasteiger charge is -2.24. The van der Waals surface area contributed by atoms with E-state index in [1.165, 1.54) is 23.8 Å². The third-order valence-electron chi connectivity index (χ3n) is 5.80. The van der Waals surface area contributed by atoms with Gasteiger partial charge in [0.2, 0.25) is 5.13 Å². The highest BCUT2D eigenvalue weighted by Gasteiger charge is 2.58. The smallest absolute Gasteiger partial charge is 0.379 e. The van der Waals surface area contributed by atoms with Crippen LogP contribution in [-0.2, 0) is 18.6 Å². The van der Waals surface area contributed by atoms with Crippen LogP contribution in [0.1, 0.15) is 25.6 Å². The first-order chi connectivity index (χ1) is 16.5. The molecule has 1 aliphatic rings. The Kier molecular flexibility index (Phi) is 7.17. The van der Waals surface area contributed by atoms with Gasteiger partial charge in [-0.2, -0.15) is 5.10 Å². The number of fused-ring (bicyclic) bond motifs is 1. The van der Waals surface area contributed by atoms with E-state index in [1.54, 1.807) is 43.3 Å². The van der Waals surface area contributed by atoms with Crippen molar-refractivity contribution in [3.05, 3.63) is 54.5 Å². The summed E-state index contributed by atoms with van der Waals surface area (Å²) in [5, 5.41) is 11.9. The van der Waals surface area contributed by atoms with Crippen molar-refractivity contribution in [2.45, 2.75) is 37.3 Å². The summed E-state index contributed by atoms with van der Waals surface area (Å²) < 4.78 is 47.3. The molecule has 1 saturated heterocycles. The first-order valence-corrected chi connectivity index (χ1v) is 12.9. The third kappa shape index (κ3) is 5.19. The minimum atomic E-state index is -3.92. The van der Waals surface area contributed by atoms with E-state index in [0.717, 1.165) is 0 Å². The van der Waals surface area contributed by atoms with Crippen molar-refractivity contribution in [2.75, 3.05) is 18.5 Å². The molecule has 0 bridgehead atoms. The van der Waals surface area contributed by atoms with Gasteiger partial charge in [0.15, 0.2) is 11.9 Å². The van der Waals surface area contributed by atoms with Gasteiger partial charge in [0, 0.05) is 5.92 Å². The van der Waals surface area contributed by atoms with Gasteiger partial charge < -0.3 is 20.1 Å². The van der Waals surface area contributed by atoms with E-state index in [4.69, 9.17) is 31.1 Å². The van der Waals surface area contributed by atoms with E-state index in [-0.39, 0.29) is 29.2 Å². The second-order valence-corrected chi connectivity index (χ2v) is 11.0. The fourth-order valence-corrected chi connectivity index (χ4v) is 6.00. The van der Waals surface area contributed by atoms with Gasteiger partial charge in [0.1, 0.15) is 35.6 Å². The fourth-order valence-electron chi connectivity index (χ4n) is 3.72. The lowest BCUT2D eigenvalue weighted by atomic mass is 10.1. The van der Waals surface area contributed by atoms with Gasteiger partial charge in [0.25, 0.3) is 0 Å². The Morgan fingerprint density at radius 2 is 2.09 bits per heavy atom. The molecule has 0 spiro atoms. The van der Waals surface area contributed by atoms with Crippen molar-refractivity contribution in [3.63, 3.8) is 0 Å². The SMILES string of the molecule is CC(=O)[C@H](C)CP(=O)(OC[C@H]1O[C@@H](c2ccc3c(N)ncnn23)[C@@](F)(Cl)C1O)Oc1ccccc1. The number of aromatic nitrogens is 3. The van der Waals surface area contributed by atoms with Gasteiger partial charge in [-0.25, -0.2) is 18.5 Å². The molecule has 3 aromatic rings. The summed E-state index contributed by atoms with van der Waals surface area (Å²) in [5.74, 6) is -0.390. The predicted octanol–water partition coefficient (Wildman–Crippen LogP) is 3.53. The van der Waals surface area contributed by atoms with Crippen molar-refractivity contribution in [2.24, 2.45) is 5.92 Å². The number of Topliss-reactive ketones (excluding diaryl/α,β-unsaturated/α-hetero) is 1. The van der Waals surface area contributed by atoms with Crippen LogP contribution < -0.4 is 10.3 Å². The molecule has 1 aliphatic heterocycles. The van der Waals surface area contributed by atoms with Crippen LogP contribution >= 0.6 is 19.2 Å². The zero-order valence-corrected chi connectivity index (χ0v) is 20.6. The number of benzene rings is 1. The molecule has 0 aliphatic carbocycles. The van der Waals surface area contributed by atoms with E-state index in [1.807, 2.05) is 0 Å². The van der Waals surface area contributed by atoms with E-state index >= 15 is 4.39 Å². The van der Waals surface area contributed by atoms with Crippen LogP contribution in [0.15, 0.2) is 48.8 Å². The largest absolute Gasteiger partial charge is 0.424 e.